The highest BCUT2D eigenvalue weighted by atomic mass is 79.9. The smallest absolute Gasteiger partial charge is 0.0425 e. The van der Waals surface area contributed by atoms with Gasteiger partial charge in [0.05, 0.1) is 0 Å². The van der Waals surface area contributed by atoms with E-state index in [-0.39, 0.29) is 0 Å². The number of rotatable bonds is 6. The van der Waals surface area contributed by atoms with Crippen LogP contribution in [0.3, 0.4) is 0 Å². The predicted octanol–water partition coefficient (Wildman–Crippen LogP) is 4.47. The van der Waals surface area contributed by atoms with Gasteiger partial charge >= 0.3 is 0 Å². The molecule has 0 aromatic heterocycles. The molecule has 0 heterocycles. The Morgan fingerprint density at radius 3 is 2.60 bits per heavy atom. The standard InChI is InChI=1S/C17H25BrN2/c1-2-20(16-5-3-4-6-16)17-11-14(18)8-7-13(17)12-19-15-9-10-15/h7-8,11,15-16,19H,2-6,9-10,12H2,1H3. The first-order valence-corrected chi connectivity index (χ1v) is 8.85. The Morgan fingerprint density at radius 2 is 1.95 bits per heavy atom. The largest absolute Gasteiger partial charge is 0.369 e. The number of halogens is 1. The van der Waals surface area contributed by atoms with Crippen LogP contribution in [0.5, 0.6) is 0 Å². The highest BCUT2D eigenvalue weighted by Gasteiger charge is 2.25. The van der Waals surface area contributed by atoms with E-state index in [0.717, 1.165) is 25.2 Å². The summed E-state index contributed by atoms with van der Waals surface area (Å²) >= 11 is 3.65. The zero-order valence-corrected chi connectivity index (χ0v) is 14.0. The van der Waals surface area contributed by atoms with Crippen LogP contribution in [0.4, 0.5) is 5.69 Å². The van der Waals surface area contributed by atoms with Crippen molar-refractivity contribution < 1.29 is 0 Å². The van der Waals surface area contributed by atoms with E-state index in [1.165, 1.54) is 54.2 Å². The van der Waals surface area contributed by atoms with Gasteiger partial charge in [0.15, 0.2) is 0 Å². The van der Waals surface area contributed by atoms with E-state index in [4.69, 9.17) is 0 Å². The monoisotopic (exact) mass is 336 g/mol. The quantitative estimate of drug-likeness (QED) is 0.824. The van der Waals surface area contributed by atoms with Crippen LogP contribution in [-0.2, 0) is 6.54 Å². The molecule has 1 aromatic rings. The molecule has 3 rings (SSSR count). The Labute approximate surface area is 131 Å². The number of nitrogens with one attached hydrogen (secondary N) is 1. The van der Waals surface area contributed by atoms with Gasteiger partial charge in [-0.1, -0.05) is 34.8 Å². The van der Waals surface area contributed by atoms with Crippen molar-refractivity contribution in [2.24, 2.45) is 0 Å². The van der Waals surface area contributed by atoms with Crippen LogP contribution in [0.15, 0.2) is 22.7 Å². The van der Waals surface area contributed by atoms with Gasteiger partial charge in [-0.3, -0.25) is 0 Å². The molecule has 0 saturated heterocycles. The average Bonchev–Trinajstić information content (AvgIpc) is 3.13. The summed E-state index contributed by atoms with van der Waals surface area (Å²) in [4.78, 5) is 2.63. The van der Waals surface area contributed by atoms with Crippen LogP contribution < -0.4 is 10.2 Å². The number of hydrogen-bond acceptors (Lipinski definition) is 2. The minimum absolute atomic E-state index is 0.744. The molecule has 2 fully saturated rings. The van der Waals surface area contributed by atoms with E-state index in [1.807, 2.05) is 0 Å². The van der Waals surface area contributed by atoms with Gasteiger partial charge < -0.3 is 10.2 Å². The van der Waals surface area contributed by atoms with Crippen LogP contribution in [0, 0.1) is 0 Å². The fourth-order valence-corrected chi connectivity index (χ4v) is 3.69. The van der Waals surface area contributed by atoms with Crippen molar-refractivity contribution in [3.63, 3.8) is 0 Å². The van der Waals surface area contributed by atoms with Crippen LogP contribution in [0.2, 0.25) is 0 Å². The van der Waals surface area contributed by atoms with Gasteiger partial charge in [-0.05, 0) is 50.3 Å². The van der Waals surface area contributed by atoms with E-state index in [0.29, 0.717) is 0 Å². The fourth-order valence-electron chi connectivity index (χ4n) is 3.34. The molecule has 2 nitrogen and oxygen atoms in total. The third-order valence-corrected chi connectivity index (χ3v) is 5.11. The maximum Gasteiger partial charge on any atom is 0.0425 e. The lowest BCUT2D eigenvalue weighted by Crippen LogP contribution is -2.34. The molecule has 0 spiro atoms. The van der Waals surface area contributed by atoms with E-state index in [1.54, 1.807) is 0 Å². The number of anilines is 1. The van der Waals surface area contributed by atoms with Crippen LogP contribution >= 0.6 is 15.9 Å². The third-order valence-electron chi connectivity index (χ3n) is 4.62. The molecule has 0 radical (unpaired) electrons. The van der Waals surface area contributed by atoms with Gasteiger partial charge in [-0.15, -0.1) is 0 Å². The number of nitrogens with zero attached hydrogens (tertiary/aromatic N) is 1. The summed E-state index contributed by atoms with van der Waals surface area (Å²) in [5.74, 6) is 0. The average molecular weight is 337 g/mol. The highest BCUT2D eigenvalue weighted by molar-refractivity contribution is 9.10. The molecule has 2 saturated carbocycles. The third kappa shape index (κ3) is 3.37. The van der Waals surface area contributed by atoms with E-state index >= 15 is 0 Å². The van der Waals surface area contributed by atoms with Crippen molar-refractivity contribution in [1.29, 1.82) is 0 Å². The van der Waals surface area contributed by atoms with Gasteiger partial charge in [-0.2, -0.15) is 0 Å². The Hall–Kier alpha value is -0.540. The molecule has 3 heteroatoms. The second-order valence-corrected chi connectivity index (χ2v) is 7.07. The SMILES string of the molecule is CCN(c1cc(Br)ccc1CNC1CC1)C1CCCC1. The molecular weight excluding hydrogens is 312 g/mol. The van der Waals surface area contributed by atoms with Gasteiger partial charge in [0, 0.05) is 35.3 Å². The summed E-state index contributed by atoms with van der Waals surface area (Å²) in [5.41, 5.74) is 2.88. The molecule has 1 aromatic carbocycles. The zero-order chi connectivity index (χ0) is 13.9. The summed E-state index contributed by atoms with van der Waals surface area (Å²) in [6, 6.07) is 8.29. The molecule has 0 bridgehead atoms. The lowest BCUT2D eigenvalue weighted by molar-refractivity contribution is 0.612. The van der Waals surface area contributed by atoms with Crippen molar-refractivity contribution in [3.8, 4) is 0 Å². The topological polar surface area (TPSA) is 15.3 Å². The summed E-state index contributed by atoms with van der Waals surface area (Å²) in [6.07, 6.45) is 8.21. The van der Waals surface area contributed by atoms with Gasteiger partial charge in [0.25, 0.3) is 0 Å². The molecule has 0 amide bonds. The summed E-state index contributed by atoms with van der Waals surface area (Å²) in [5, 5.41) is 3.66. The maximum absolute atomic E-state index is 3.66. The second-order valence-electron chi connectivity index (χ2n) is 6.15. The van der Waals surface area contributed by atoms with E-state index in [9.17, 15) is 0 Å². The molecule has 0 aliphatic heterocycles. The normalized spacial score (nSPS) is 19.5. The first kappa shape index (κ1) is 14.4. The Balaban J connectivity index is 1.81. The Bertz CT molecular complexity index is 450. The fraction of sp³-hybridized carbons (Fsp3) is 0.647. The van der Waals surface area contributed by atoms with Crippen molar-refractivity contribution >= 4 is 21.6 Å². The first-order valence-electron chi connectivity index (χ1n) is 8.06. The first-order chi connectivity index (χ1) is 9.78. The predicted molar refractivity (Wildman–Crippen MR) is 89.3 cm³/mol. The summed E-state index contributed by atoms with van der Waals surface area (Å²) < 4.78 is 1.19. The molecule has 0 atom stereocenters. The minimum Gasteiger partial charge on any atom is -0.369 e. The minimum atomic E-state index is 0.744. The number of benzene rings is 1. The van der Waals surface area contributed by atoms with E-state index in [2.05, 4.69) is 51.3 Å². The van der Waals surface area contributed by atoms with Crippen LogP contribution in [0.25, 0.3) is 0 Å². The second kappa shape index (κ2) is 6.48. The van der Waals surface area contributed by atoms with Gasteiger partial charge in [-0.25, -0.2) is 0 Å². The summed E-state index contributed by atoms with van der Waals surface area (Å²) in [7, 11) is 0. The molecule has 2 aliphatic carbocycles. The maximum atomic E-state index is 3.66. The lowest BCUT2D eigenvalue weighted by atomic mass is 10.1. The van der Waals surface area contributed by atoms with Crippen LogP contribution in [0.1, 0.15) is 51.0 Å². The van der Waals surface area contributed by atoms with Gasteiger partial charge in [0.2, 0.25) is 0 Å². The Kier molecular flexibility index (Phi) is 4.67. The molecule has 0 unspecified atom stereocenters. The summed E-state index contributed by atoms with van der Waals surface area (Å²) in [6.45, 7) is 4.41. The lowest BCUT2D eigenvalue weighted by Gasteiger charge is -2.32. The number of hydrogen-bond donors (Lipinski definition) is 1. The molecule has 2 aliphatic rings. The van der Waals surface area contributed by atoms with Crippen molar-refractivity contribution in [1.82, 2.24) is 5.32 Å². The van der Waals surface area contributed by atoms with Crippen LogP contribution in [-0.4, -0.2) is 18.6 Å². The van der Waals surface area contributed by atoms with Crippen molar-refractivity contribution in [2.75, 3.05) is 11.4 Å². The zero-order valence-electron chi connectivity index (χ0n) is 12.4. The molecule has 110 valence electrons. The van der Waals surface area contributed by atoms with Gasteiger partial charge in [0.1, 0.15) is 0 Å². The molecular formula is C17H25BrN2. The Morgan fingerprint density at radius 1 is 1.20 bits per heavy atom. The van der Waals surface area contributed by atoms with E-state index < -0.39 is 0 Å². The highest BCUT2D eigenvalue weighted by Crippen LogP contribution is 2.32. The molecule has 1 N–H and O–H groups in total. The molecule has 20 heavy (non-hydrogen) atoms. The van der Waals surface area contributed by atoms with Crippen molar-refractivity contribution in [3.05, 3.63) is 28.2 Å². The van der Waals surface area contributed by atoms with Crippen molar-refractivity contribution in [2.45, 2.75) is 64.1 Å².